The Morgan fingerprint density at radius 3 is 2.65 bits per heavy atom. The predicted octanol–water partition coefficient (Wildman–Crippen LogP) is 3.46. The standard InChI is InChI=1S/C15H17IN2OS/c1-11-4-3-5-12(13(11)16)14(19)18-8-6-15(10-17,20-2)7-9-18/h3-5H,6-9H2,1-2H3. The monoisotopic (exact) mass is 400 g/mol. The smallest absolute Gasteiger partial charge is 0.254 e. The van der Waals surface area contributed by atoms with E-state index in [0.717, 1.165) is 27.5 Å². The maximum Gasteiger partial charge on any atom is 0.254 e. The summed E-state index contributed by atoms with van der Waals surface area (Å²) in [6, 6.07) is 8.24. The highest BCUT2D eigenvalue weighted by molar-refractivity contribution is 14.1. The second-order valence-corrected chi connectivity index (χ2v) is 7.31. The lowest BCUT2D eigenvalue weighted by Crippen LogP contribution is -2.44. The summed E-state index contributed by atoms with van der Waals surface area (Å²) in [5, 5.41) is 9.29. The minimum absolute atomic E-state index is 0.0887. The number of likely N-dealkylation sites (tertiary alicyclic amines) is 1. The van der Waals surface area contributed by atoms with Crippen molar-refractivity contribution in [3.63, 3.8) is 0 Å². The molecule has 0 atom stereocenters. The number of hydrogen-bond acceptors (Lipinski definition) is 3. The number of hydrogen-bond donors (Lipinski definition) is 0. The summed E-state index contributed by atoms with van der Waals surface area (Å²) in [4.78, 5) is 14.5. The SMILES string of the molecule is CSC1(C#N)CCN(C(=O)c2cccc(C)c2I)CC1. The van der Waals surface area contributed by atoms with Crippen LogP contribution in [0.2, 0.25) is 0 Å². The van der Waals surface area contributed by atoms with Crippen LogP contribution in [0.25, 0.3) is 0 Å². The fourth-order valence-corrected chi connectivity index (χ4v) is 3.69. The number of carbonyl (C=O) groups excluding carboxylic acids is 1. The molecule has 0 N–H and O–H groups in total. The number of piperidine rings is 1. The molecule has 0 bridgehead atoms. The van der Waals surface area contributed by atoms with Gasteiger partial charge in [-0.3, -0.25) is 4.79 Å². The van der Waals surface area contributed by atoms with Crippen molar-refractivity contribution < 1.29 is 4.79 Å². The van der Waals surface area contributed by atoms with Crippen molar-refractivity contribution in [3.05, 3.63) is 32.9 Å². The highest BCUT2D eigenvalue weighted by Crippen LogP contribution is 2.34. The first kappa shape index (κ1) is 15.6. The van der Waals surface area contributed by atoms with Gasteiger partial charge >= 0.3 is 0 Å². The Kier molecular flexibility index (Phi) is 4.97. The zero-order chi connectivity index (χ0) is 14.8. The van der Waals surface area contributed by atoms with Crippen LogP contribution in [0, 0.1) is 21.8 Å². The van der Waals surface area contributed by atoms with E-state index < -0.39 is 0 Å². The van der Waals surface area contributed by atoms with Crippen molar-refractivity contribution in [3.8, 4) is 6.07 Å². The molecule has 2 rings (SSSR count). The van der Waals surface area contributed by atoms with Gasteiger partial charge in [-0.2, -0.15) is 5.26 Å². The molecule has 1 saturated heterocycles. The van der Waals surface area contributed by atoms with Crippen LogP contribution in [0.5, 0.6) is 0 Å². The molecule has 0 spiro atoms. The third kappa shape index (κ3) is 2.96. The second kappa shape index (κ2) is 6.35. The summed E-state index contributed by atoms with van der Waals surface area (Å²) in [5.41, 5.74) is 1.91. The fourth-order valence-electron chi connectivity index (χ4n) is 2.42. The molecule has 0 unspecified atom stereocenters. The average molecular weight is 400 g/mol. The molecule has 1 aliphatic heterocycles. The Balaban J connectivity index is 2.13. The summed E-state index contributed by atoms with van der Waals surface area (Å²) < 4.78 is 0.716. The van der Waals surface area contributed by atoms with Gasteiger partial charge in [0.05, 0.1) is 11.6 Å². The zero-order valence-electron chi connectivity index (χ0n) is 11.6. The van der Waals surface area contributed by atoms with Crippen LogP contribution in [0.4, 0.5) is 0 Å². The van der Waals surface area contributed by atoms with Gasteiger partial charge in [0.25, 0.3) is 5.91 Å². The van der Waals surface area contributed by atoms with Crippen molar-refractivity contribution in [2.24, 2.45) is 0 Å². The number of thioether (sulfide) groups is 1. The summed E-state index contributed by atoms with van der Waals surface area (Å²) >= 11 is 3.84. The topological polar surface area (TPSA) is 44.1 Å². The van der Waals surface area contributed by atoms with Gasteiger partial charge in [-0.1, -0.05) is 12.1 Å². The molecule has 1 heterocycles. The maximum atomic E-state index is 12.6. The molecule has 1 amide bonds. The molecule has 0 radical (unpaired) electrons. The third-order valence-corrected chi connectivity index (χ3v) is 6.59. The molecule has 5 heteroatoms. The summed E-state index contributed by atoms with van der Waals surface area (Å²) in [5.74, 6) is 0.0887. The van der Waals surface area contributed by atoms with E-state index in [9.17, 15) is 10.1 Å². The van der Waals surface area contributed by atoms with Crippen LogP contribution in [0.1, 0.15) is 28.8 Å². The Morgan fingerprint density at radius 1 is 1.45 bits per heavy atom. The van der Waals surface area contributed by atoms with Crippen LogP contribution < -0.4 is 0 Å². The Morgan fingerprint density at radius 2 is 2.10 bits per heavy atom. The van der Waals surface area contributed by atoms with E-state index in [1.54, 1.807) is 11.8 Å². The van der Waals surface area contributed by atoms with Gasteiger partial charge in [-0.15, -0.1) is 11.8 Å². The molecule has 0 aromatic heterocycles. The molecule has 1 aliphatic rings. The molecule has 1 aromatic carbocycles. The average Bonchev–Trinajstić information content (AvgIpc) is 2.49. The minimum atomic E-state index is -0.309. The Labute approximate surface area is 137 Å². The molecule has 1 aromatic rings. The van der Waals surface area contributed by atoms with Gasteiger partial charge < -0.3 is 4.90 Å². The molecule has 1 fully saturated rings. The van der Waals surface area contributed by atoms with Crippen LogP contribution in [-0.4, -0.2) is 34.9 Å². The van der Waals surface area contributed by atoms with Gasteiger partial charge in [-0.05, 0) is 60.2 Å². The largest absolute Gasteiger partial charge is 0.338 e. The van der Waals surface area contributed by atoms with Gasteiger partial charge in [0, 0.05) is 16.7 Å². The summed E-state index contributed by atoms with van der Waals surface area (Å²) in [6.45, 7) is 3.34. The van der Waals surface area contributed by atoms with Crippen molar-refractivity contribution in [2.45, 2.75) is 24.5 Å². The fraction of sp³-hybridized carbons (Fsp3) is 0.467. The van der Waals surface area contributed by atoms with Crippen molar-refractivity contribution in [2.75, 3.05) is 19.3 Å². The lowest BCUT2D eigenvalue weighted by Gasteiger charge is -2.36. The predicted molar refractivity (Wildman–Crippen MR) is 90.9 cm³/mol. The van der Waals surface area contributed by atoms with Gasteiger partial charge in [-0.25, -0.2) is 0 Å². The molecular formula is C15H17IN2OS. The third-order valence-electron chi connectivity index (χ3n) is 3.88. The van der Waals surface area contributed by atoms with Crippen molar-refractivity contribution in [1.82, 2.24) is 4.90 Å². The lowest BCUT2D eigenvalue weighted by atomic mass is 9.96. The molecule has 0 saturated carbocycles. The number of nitriles is 1. The highest BCUT2D eigenvalue weighted by Gasteiger charge is 2.35. The summed E-state index contributed by atoms with van der Waals surface area (Å²) in [7, 11) is 0. The molecular weight excluding hydrogens is 383 g/mol. The summed E-state index contributed by atoms with van der Waals surface area (Å²) in [6.07, 6.45) is 3.47. The molecule has 106 valence electrons. The van der Waals surface area contributed by atoms with E-state index in [1.165, 1.54) is 0 Å². The molecule has 0 aliphatic carbocycles. The number of amides is 1. The highest BCUT2D eigenvalue weighted by atomic mass is 127. The Bertz CT molecular complexity index is 559. The van der Waals surface area contributed by atoms with Crippen molar-refractivity contribution in [1.29, 1.82) is 5.26 Å². The van der Waals surface area contributed by atoms with Crippen LogP contribution in [-0.2, 0) is 0 Å². The first-order chi connectivity index (χ1) is 9.53. The Hall–Kier alpha value is -0.740. The first-order valence-electron chi connectivity index (χ1n) is 6.54. The lowest BCUT2D eigenvalue weighted by molar-refractivity contribution is 0.0715. The molecule has 3 nitrogen and oxygen atoms in total. The van der Waals surface area contributed by atoms with Gasteiger partial charge in [0.15, 0.2) is 0 Å². The zero-order valence-corrected chi connectivity index (χ0v) is 14.6. The van der Waals surface area contributed by atoms with Crippen molar-refractivity contribution >= 4 is 40.3 Å². The van der Waals surface area contributed by atoms with Gasteiger partial charge in [0.2, 0.25) is 0 Å². The minimum Gasteiger partial charge on any atom is -0.338 e. The van der Waals surface area contributed by atoms with Gasteiger partial charge in [0.1, 0.15) is 4.75 Å². The number of benzene rings is 1. The van der Waals surface area contributed by atoms with Crippen LogP contribution in [0.15, 0.2) is 18.2 Å². The first-order valence-corrected chi connectivity index (χ1v) is 8.84. The number of aryl methyl sites for hydroxylation is 1. The van der Waals surface area contributed by atoms with Crippen LogP contribution in [0.3, 0.4) is 0 Å². The van der Waals surface area contributed by atoms with E-state index in [2.05, 4.69) is 28.7 Å². The molecule has 20 heavy (non-hydrogen) atoms. The van der Waals surface area contributed by atoms with E-state index >= 15 is 0 Å². The van der Waals surface area contributed by atoms with Crippen LogP contribution >= 0.6 is 34.4 Å². The van der Waals surface area contributed by atoms with E-state index in [4.69, 9.17) is 0 Å². The number of carbonyl (C=O) groups is 1. The maximum absolute atomic E-state index is 12.6. The quantitative estimate of drug-likeness (QED) is 0.715. The number of rotatable bonds is 2. The van der Waals surface area contributed by atoms with E-state index in [0.29, 0.717) is 13.1 Å². The van der Waals surface area contributed by atoms with E-state index in [1.807, 2.05) is 36.3 Å². The number of halogens is 1. The second-order valence-electron chi connectivity index (χ2n) is 5.04. The normalized spacial score (nSPS) is 17.6. The number of nitrogens with zero attached hydrogens (tertiary/aromatic N) is 2. The van der Waals surface area contributed by atoms with E-state index in [-0.39, 0.29) is 10.7 Å².